The van der Waals surface area contributed by atoms with Crippen LogP contribution >= 0.6 is 0 Å². The second-order valence-electron chi connectivity index (χ2n) is 9.84. The van der Waals surface area contributed by atoms with Crippen molar-refractivity contribution >= 4 is 17.8 Å². The fourth-order valence-corrected chi connectivity index (χ4v) is 4.85. The second kappa shape index (κ2) is 10.6. The zero-order valence-corrected chi connectivity index (χ0v) is 20.3. The molecule has 4 amide bonds. The maximum absolute atomic E-state index is 13.9. The van der Waals surface area contributed by atoms with Gasteiger partial charge in [0, 0.05) is 39.0 Å². The van der Waals surface area contributed by atoms with Crippen LogP contribution < -0.4 is 5.32 Å². The van der Waals surface area contributed by atoms with Gasteiger partial charge in [0.2, 0.25) is 5.91 Å². The third kappa shape index (κ3) is 5.72. The van der Waals surface area contributed by atoms with Gasteiger partial charge in [0.1, 0.15) is 11.4 Å². The summed E-state index contributed by atoms with van der Waals surface area (Å²) in [5, 5.41) is 3.01. The van der Waals surface area contributed by atoms with Crippen LogP contribution in [-0.4, -0.2) is 78.4 Å². The van der Waals surface area contributed by atoms with Crippen molar-refractivity contribution < 1.29 is 18.8 Å². The summed E-state index contributed by atoms with van der Waals surface area (Å²) < 4.78 is 13.9. The SMILES string of the molecule is CCC(C)CC(=O)N1CCC(C2(Cc3cccc(F)c3)NC(=O)N(CCN(C)C)C2=O)CC1. The van der Waals surface area contributed by atoms with Gasteiger partial charge in [-0.25, -0.2) is 9.18 Å². The van der Waals surface area contributed by atoms with Crippen LogP contribution in [0.15, 0.2) is 24.3 Å². The fraction of sp³-hybridized carbons (Fsp3) is 0.640. The van der Waals surface area contributed by atoms with Crippen molar-refractivity contribution in [2.24, 2.45) is 11.8 Å². The van der Waals surface area contributed by atoms with E-state index in [0.29, 0.717) is 56.9 Å². The average molecular weight is 461 g/mol. The molecule has 0 aromatic heterocycles. The Bertz CT molecular complexity index is 869. The highest BCUT2D eigenvalue weighted by atomic mass is 19.1. The molecule has 3 rings (SSSR count). The lowest BCUT2D eigenvalue weighted by Gasteiger charge is -2.41. The van der Waals surface area contributed by atoms with Gasteiger partial charge in [0.25, 0.3) is 5.91 Å². The van der Waals surface area contributed by atoms with Crippen LogP contribution in [-0.2, 0) is 16.0 Å². The molecule has 1 aromatic carbocycles. The summed E-state index contributed by atoms with van der Waals surface area (Å²) in [4.78, 5) is 44.3. The fourth-order valence-electron chi connectivity index (χ4n) is 4.85. The van der Waals surface area contributed by atoms with Crippen molar-refractivity contribution in [2.45, 2.75) is 51.5 Å². The highest BCUT2D eigenvalue weighted by molar-refractivity contribution is 6.07. The molecule has 2 aliphatic rings. The van der Waals surface area contributed by atoms with Crippen LogP contribution in [0.4, 0.5) is 9.18 Å². The van der Waals surface area contributed by atoms with E-state index in [2.05, 4.69) is 19.2 Å². The van der Waals surface area contributed by atoms with Gasteiger partial charge in [0.05, 0.1) is 0 Å². The van der Waals surface area contributed by atoms with Gasteiger partial charge < -0.3 is 15.1 Å². The van der Waals surface area contributed by atoms with Crippen molar-refractivity contribution in [3.8, 4) is 0 Å². The Labute approximate surface area is 196 Å². The van der Waals surface area contributed by atoms with Crippen molar-refractivity contribution in [1.82, 2.24) is 20.0 Å². The minimum absolute atomic E-state index is 0.130. The molecule has 2 atom stereocenters. The molecule has 0 radical (unpaired) electrons. The molecule has 0 saturated carbocycles. The first kappa shape index (κ1) is 25.1. The smallest absolute Gasteiger partial charge is 0.325 e. The monoisotopic (exact) mass is 460 g/mol. The van der Waals surface area contributed by atoms with Gasteiger partial charge in [0.15, 0.2) is 0 Å². The summed E-state index contributed by atoms with van der Waals surface area (Å²) in [5.41, 5.74) is -0.448. The summed E-state index contributed by atoms with van der Waals surface area (Å²) in [6, 6.07) is 5.82. The van der Waals surface area contributed by atoms with E-state index in [4.69, 9.17) is 0 Å². The lowest BCUT2D eigenvalue weighted by molar-refractivity contribution is -0.136. The van der Waals surface area contributed by atoms with E-state index in [-0.39, 0.29) is 30.0 Å². The van der Waals surface area contributed by atoms with E-state index in [1.165, 1.54) is 17.0 Å². The molecule has 7 nitrogen and oxygen atoms in total. The Balaban J connectivity index is 1.81. The molecule has 2 unspecified atom stereocenters. The summed E-state index contributed by atoms with van der Waals surface area (Å²) in [6.07, 6.45) is 2.97. The largest absolute Gasteiger partial charge is 0.343 e. The summed E-state index contributed by atoms with van der Waals surface area (Å²) in [7, 11) is 3.79. The number of hydrogen-bond donors (Lipinski definition) is 1. The maximum Gasteiger partial charge on any atom is 0.325 e. The van der Waals surface area contributed by atoms with Crippen LogP contribution in [0.3, 0.4) is 0 Å². The number of imide groups is 1. The number of amides is 4. The van der Waals surface area contributed by atoms with Gasteiger partial charge in [-0.2, -0.15) is 0 Å². The number of carbonyl (C=O) groups excluding carboxylic acids is 3. The molecule has 8 heteroatoms. The molecule has 0 spiro atoms. The lowest BCUT2D eigenvalue weighted by atomic mass is 9.73. The molecule has 1 N–H and O–H groups in total. The molecule has 0 aliphatic carbocycles. The Morgan fingerprint density at radius 2 is 1.97 bits per heavy atom. The third-order valence-corrected chi connectivity index (χ3v) is 7.11. The molecule has 2 heterocycles. The number of halogens is 1. The zero-order valence-electron chi connectivity index (χ0n) is 20.3. The summed E-state index contributed by atoms with van der Waals surface area (Å²) in [5.74, 6) is -0.251. The van der Waals surface area contributed by atoms with E-state index in [9.17, 15) is 18.8 Å². The lowest BCUT2D eigenvalue weighted by Crippen LogP contribution is -2.58. The number of rotatable bonds is 9. The van der Waals surface area contributed by atoms with Gasteiger partial charge >= 0.3 is 6.03 Å². The van der Waals surface area contributed by atoms with Crippen LogP contribution in [0, 0.1) is 17.7 Å². The van der Waals surface area contributed by atoms with E-state index in [1.807, 2.05) is 23.9 Å². The molecule has 33 heavy (non-hydrogen) atoms. The van der Waals surface area contributed by atoms with E-state index in [0.717, 1.165) is 6.42 Å². The Morgan fingerprint density at radius 1 is 1.27 bits per heavy atom. The Morgan fingerprint density at radius 3 is 2.58 bits per heavy atom. The number of likely N-dealkylation sites (N-methyl/N-ethyl adjacent to an activating group) is 1. The first-order valence-electron chi connectivity index (χ1n) is 12.0. The highest BCUT2D eigenvalue weighted by Crippen LogP contribution is 2.37. The highest BCUT2D eigenvalue weighted by Gasteiger charge is 2.55. The average Bonchev–Trinajstić information content (AvgIpc) is 3.01. The van der Waals surface area contributed by atoms with Gasteiger partial charge in [-0.3, -0.25) is 14.5 Å². The number of nitrogens with one attached hydrogen (secondary N) is 1. The predicted molar refractivity (Wildman–Crippen MR) is 125 cm³/mol. The number of hydrogen-bond acceptors (Lipinski definition) is 4. The van der Waals surface area contributed by atoms with E-state index >= 15 is 0 Å². The minimum atomic E-state index is -1.12. The van der Waals surface area contributed by atoms with Gasteiger partial charge in [-0.1, -0.05) is 32.4 Å². The molecule has 2 fully saturated rings. The number of nitrogens with zero attached hydrogens (tertiary/aromatic N) is 3. The topological polar surface area (TPSA) is 73.0 Å². The van der Waals surface area contributed by atoms with E-state index in [1.54, 1.807) is 12.1 Å². The van der Waals surface area contributed by atoms with Crippen LogP contribution in [0.25, 0.3) is 0 Å². The zero-order chi connectivity index (χ0) is 24.2. The van der Waals surface area contributed by atoms with Crippen molar-refractivity contribution in [3.63, 3.8) is 0 Å². The van der Waals surface area contributed by atoms with Crippen LogP contribution in [0.1, 0.15) is 45.1 Å². The van der Waals surface area contributed by atoms with Crippen molar-refractivity contribution in [1.29, 1.82) is 0 Å². The van der Waals surface area contributed by atoms with Gasteiger partial charge in [-0.15, -0.1) is 0 Å². The minimum Gasteiger partial charge on any atom is -0.343 e. The molecular weight excluding hydrogens is 423 g/mol. The van der Waals surface area contributed by atoms with Crippen molar-refractivity contribution in [3.05, 3.63) is 35.6 Å². The number of urea groups is 1. The summed E-state index contributed by atoms with van der Waals surface area (Å²) >= 11 is 0. The Kier molecular flexibility index (Phi) is 8.10. The first-order chi connectivity index (χ1) is 15.7. The van der Waals surface area contributed by atoms with E-state index < -0.39 is 11.6 Å². The van der Waals surface area contributed by atoms with Crippen molar-refractivity contribution in [2.75, 3.05) is 40.3 Å². The number of piperidine rings is 1. The standard InChI is InChI=1S/C25H37FN4O3/c1-5-18(2)15-22(31)29-11-9-20(10-12-29)25(17-19-7-6-8-21(26)16-19)23(32)30(24(33)27-25)14-13-28(3)4/h6-8,16,18,20H,5,9-15,17H2,1-4H3,(H,27,33). The molecule has 1 aromatic rings. The quantitative estimate of drug-likeness (QED) is 0.575. The Hall–Kier alpha value is -2.48. The predicted octanol–water partition coefficient (Wildman–Crippen LogP) is 2.90. The molecule has 2 saturated heterocycles. The summed E-state index contributed by atoms with van der Waals surface area (Å²) in [6.45, 7) is 6.15. The third-order valence-electron chi connectivity index (χ3n) is 7.11. The first-order valence-corrected chi connectivity index (χ1v) is 12.0. The molecule has 0 bridgehead atoms. The molecule has 2 aliphatic heterocycles. The van der Waals surface area contributed by atoms with Crippen LogP contribution in [0.5, 0.6) is 0 Å². The van der Waals surface area contributed by atoms with Gasteiger partial charge in [-0.05, 0) is 56.5 Å². The maximum atomic E-state index is 13.9. The number of likely N-dealkylation sites (tertiary alicyclic amines) is 1. The molecular formula is C25H37FN4O3. The molecule has 182 valence electrons. The normalized spacial score (nSPS) is 22.7. The second-order valence-corrected chi connectivity index (χ2v) is 9.84. The number of benzene rings is 1. The number of carbonyl (C=O) groups is 3. The van der Waals surface area contributed by atoms with Crippen LogP contribution in [0.2, 0.25) is 0 Å².